The second-order valence-corrected chi connectivity index (χ2v) is 5.67. The third-order valence-electron chi connectivity index (χ3n) is 3.21. The summed E-state index contributed by atoms with van der Waals surface area (Å²) in [5, 5.41) is 13.5. The van der Waals surface area contributed by atoms with Crippen molar-refractivity contribution in [2.24, 2.45) is 0 Å². The first-order valence-corrected chi connectivity index (χ1v) is 6.54. The van der Waals surface area contributed by atoms with Gasteiger partial charge in [0.05, 0.1) is 16.8 Å². The maximum absolute atomic E-state index is 9.20. The molecule has 0 amide bonds. The molecule has 0 saturated carbocycles. The van der Waals surface area contributed by atoms with Gasteiger partial charge >= 0.3 is 0 Å². The van der Waals surface area contributed by atoms with E-state index in [1.54, 1.807) is 6.20 Å². The van der Waals surface area contributed by atoms with Crippen LogP contribution in [0.1, 0.15) is 38.8 Å². The molecule has 1 heterocycles. The SMILES string of the molecule is CCNc1c(C#N)cnc2ccc(C(C)(C)C)cc12. The van der Waals surface area contributed by atoms with Crippen LogP contribution in [0, 0.1) is 11.3 Å². The lowest BCUT2D eigenvalue weighted by Crippen LogP contribution is -2.11. The Hall–Kier alpha value is -2.08. The molecule has 1 N–H and O–H groups in total. The predicted octanol–water partition coefficient (Wildman–Crippen LogP) is 3.84. The van der Waals surface area contributed by atoms with Crippen LogP contribution in [-0.4, -0.2) is 11.5 Å². The summed E-state index contributed by atoms with van der Waals surface area (Å²) < 4.78 is 0. The van der Waals surface area contributed by atoms with Crippen molar-refractivity contribution in [1.29, 1.82) is 5.26 Å². The molecule has 0 unspecified atom stereocenters. The molecule has 0 fully saturated rings. The van der Waals surface area contributed by atoms with Crippen LogP contribution in [0.4, 0.5) is 5.69 Å². The molecule has 0 bridgehead atoms. The number of hydrogen-bond donors (Lipinski definition) is 1. The minimum Gasteiger partial charge on any atom is -0.384 e. The first-order chi connectivity index (χ1) is 8.97. The third kappa shape index (κ3) is 2.53. The Bertz CT molecular complexity index is 645. The fourth-order valence-electron chi connectivity index (χ4n) is 2.11. The Morgan fingerprint density at radius 2 is 2.05 bits per heavy atom. The maximum Gasteiger partial charge on any atom is 0.103 e. The number of anilines is 1. The molecule has 1 aromatic carbocycles. The van der Waals surface area contributed by atoms with Gasteiger partial charge in [-0.15, -0.1) is 0 Å². The molecule has 3 heteroatoms. The molecule has 2 aromatic rings. The molecule has 3 nitrogen and oxygen atoms in total. The van der Waals surface area contributed by atoms with Gasteiger partial charge in [0.1, 0.15) is 6.07 Å². The third-order valence-corrected chi connectivity index (χ3v) is 3.21. The molecule has 0 spiro atoms. The minimum atomic E-state index is 0.0837. The Balaban J connectivity index is 2.74. The standard InChI is InChI=1S/C16H19N3/c1-5-18-15-11(9-17)10-19-14-7-6-12(8-13(14)15)16(2,3)4/h6-8,10H,5H2,1-4H3,(H,18,19). The van der Waals surface area contributed by atoms with Crippen molar-refractivity contribution in [3.63, 3.8) is 0 Å². The van der Waals surface area contributed by atoms with Gasteiger partial charge in [-0.2, -0.15) is 5.26 Å². The van der Waals surface area contributed by atoms with Gasteiger partial charge in [-0.25, -0.2) is 0 Å². The van der Waals surface area contributed by atoms with E-state index in [0.717, 1.165) is 23.1 Å². The zero-order valence-corrected chi connectivity index (χ0v) is 11.9. The van der Waals surface area contributed by atoms with E-state index < -0.39 is 0 Å². The summed E-state index contributed by atoms with van der Waals surface area (Å²) in [6, 6.07) is 8.48. The van der Waals surface area contributed by atoms with Gasteiger partial charge in [0, 0.05) is 18.1 Å². The summed E-state index contributed by atoms with van der Waals surface area (Å²) in [7, 11) is 0. The summed E-state index contributed by atoms with van der Waals surface area (Å²) in [6.07, 6.45) is 1.64. The number of nitriles is 1. The molecule has 1 aromatic heterocycles. The number of fused-ring (bicyclic) bond motifs is 1. The molecule has 0 aliphatic rings. The van der Waals surface area contributed by atoms with Crippen LogP contribution in [0.5, 0.6) is 0 Å². The zero-order valence-electron chi connectivity index (χ0n) is 11.9. The van der Waals surface area contributed by atoms with E-state index in [-0.39, 0.29) is 5.41 Å². The van der Waals surface area contributed by atoms with Crippen molar-refractivity contribution in [2.45, 2.75) is 33.1 Å². The molecule has 0 radical (unpaired) electrons. The summed E-state index contributed by atoms with van der Waals surface area (Å²) in [5.41, 5.74) is 3.74. The molecular weight excluding hydrogens is 234 g/mol. The molecule has 98 valence electrons. The molecular formula is C16H19N3. The fourth-order valence-corrected chi connectivity index (χ4v) is 2.11. The van der Waals surface area contributed by atoms with Crippen LogP contribution in [-0.2, 0) is 5.41 Å². The highest BCUT2D eigenvalue weighted by molar-refractivity contribution is 5.94. The van der Waals surface area contributed by atoms with Crippen molar-refractivity contribution in [3.8, 4) is 6.07 Å². The average molecular weight is 253 g/mol. The number of benzene rings is 1. The van der Waals surface area contributed by atoms with E-state index in [1.807, 2.05) is 13.0 Å². The molecule has 0 saturated heterocycles. The van der Waals surface area contributed by atoms with Crippen molar-refractivity contribution in [2.75, 3.05) is 11.9 Å². The summed E-state index contributed by atoms with van der Waals surface area (Å²) >= 11 is 0. The van der Waals surface area contributed by atoms with Crippen LogP contribution in [0.2, 0.25) is 0 Å². The number of hydrogen-bond acceptors (Lipinski definition) is 3. The number of nitrogens with one attached hydrogen (secondary N) is 1. The van der Waals surface area contributed by atoms with Gasteiger partial charge in [0.2, 0.25) is 0 Å². The average Bonchev–Trinajstić information content (AvgIpc) is 2.37. The molecule has 0 aliphatic heterocycles. The highest BCUT2D eigenvalue weighted by Gasteiger charge is 2.16. The minimum absolute atomic E-state index is 0.0837. The second kappa shape index (κ2) is 4.89. The van der Waals surface area contributed by atoms with Crippen LogP contribution >= 0.6 is 0 Å². The molecule has 0 atom stereocenters. The van der Waals surface area contributed by atoms with Gasteiger partial charge < -0.3 is 5.32 Å². The van der Waals surface area contributed by atoms with Crippen LogP contribution in [0.15, 0.2) is 24.4 Å². The van der Waals surface area contributed by atoms with E-state index in [4.69, 9.17) is 0 Å². The number of nitrogens with zero attached hydrogens (tertiary/aromatic N) is 2. The molecule has 19 heavy (non-hydrogen) atoms. The monoisotopic (exact) mass is 253 g/mol. The zero-order chi connectivity index (χ0) is 14.0. The van der Waals surface area contributed by atoms with E-state index in [1.165, 1.54) is 5.56 Å². The molecule has 2 rings (SSSR count). The van der Waals surface area contributed by atoms with Crippen LogP contribution < -0.4 is 5.32 Å². The lowest BCUT2D eigenvalue weighted by Gasteiger charge is -2.20. The summed E-state index contributed by atoms with van der Waals surface area (Å²) in [6.45, 7) is 9.36. The first kappa shape index (κ1) is 13.4. The molecule has 0 aliphatic carbocycles. The Labute approximate surface area is 114 Å². The number of aromatic nitrogens is 1. The summed E-state index contributed by atoms with van der Waals surface area (Å²) in [4.78, 5) is 4.36. The van der Waals surface area contributed by atoms with Gasteiger partial charge in [-0.3, -0.25) is 4.98 Å². The number of rotatable bonds is 2. The van der Waals surface area contributed by atoms with Gasteiger partial charge in [0.25, 0.3) is 0 Å². The quantitative estimate of drug-likeness (QED) is 0.884. The van der Waals surface area contributed by atoms with Gasteiger partial charge in [-0.05, 0) is 30.0 Å². The Morgan fingerprint density at radius 3 is 2.63 bits per heavy atom. The lowest BCUT2D eigenvalue weighted by atomic mass is 9.86. The summed E-state index contributed by atoms with van der Waals surface area (Å²) in [5.74, 6) is 0. The Kier molecular flexibility index (Phi) is 3.44. The number of pyridine rings is 1. The highest BCUT2D eigenvalue weighted by atomic mass is 14.9. The van der Waals surface area contributed by atoms with E-state index >= 15 is 0 Å². The van der Waals surface area contributed by atoms with Crippen molar-refractivity contribution < 1.29 is 0 Å². The maximum atomic E-state index is 9.20. The highest BCUT2D eigenvalue weighted by Crippen LogP contribution is 2.30. The fraction of sp³-hybridized carbons (Fsp3) is 0.375. The largest absolute Gasteiger partial charge is 0.384 e. The van der Waals surface area contributed by atoms with E-state index in [0.29, 0.717) is 5.56 Å². The van der Waals surface area contributed by atoms with E-state index in [9.17, 15) is 5.26 Å². The smallest absolute Gasteiger partial charge is 0.103 e. The van der Waals surface area contributed by atoms with Gasteiger partial charge in [-0.1, -0.05) is 26.8 Å². The van der Waals surface area contributed by atoms with E-state index in [2.05, 4.69) is 49.3 Å². The van der Waals surface area contributed by atoms with Gasteiger partial charge in [0.15, 0.2) is 0 Å². The normalized spacial score (nSPS) is 11.3. The van der Waals surface area contributed by atoms with Crippen molar-refractivity contribution >= 4 is 16.6 Å². The van der Waals surface area contributed by atoms with Crippen molar-refractivity contribution in [3.05, 3.63) is 35.5 Å². The first-order valence-electron chi connectivity index (χ1n) is 6.54. The topological polar surface area (TPSA) is 48.7 Å². The van der Waals surface area contributed by atoms with Crippen LogP contribution in [0.25, 0.3) is 10.9 Å². The lowest BCUT2D eigenvalue weighted by molar-refractivity contribution is 0.591. The second-order valence-electron chi connectivity index (χ2n) is 5.67. The predicted molar refractivity (Wildman–Crippen MR) is 79.3 cm³/mol. The van der Waals surface area contributed by atoms with Crippen molar-refractivity contribution in [1.82, 2.24) is 4.98 Å². The Morgan fingerprint density at radius 1 is 1.32 bits per heavy atom. The van der Waals surface area contributed by atoms with Crippen LogP contribution in [0.3, 0.4) is 0 Å².